The van der Waals surface area contributed by atoms with Gasteiger partial charge in [0.05, 0.1) is 5.56 Å². The van der Waals surface area contributed by atoms with Crippen molar-refractivity contribution in [2.45, 2.75) is 0 Å². The summed E-state index contributed by atoms with van der Waals surface area (Å²) in [6.07, 6.45) is 0. The van der Waals surface area contributed by atoms with Crippen molar-refractivity contribution in [1.82, 2.24) is 9.80 Å². The monoisotopic (exact) mass is 388 g/mol. The minimum absolute atomic E-state index is 0.0184. The highest BCUT2D eigenvalue weighted by atomic mass is 79.9. The summed E-state index contributed by atoms with van der Waals surface area (Å²) in [6.45, 7) is 1.86. The molecule has 1 aliphatic rings. The van der Waals surface area contributed by atoms with E-state index < -0.39 is 0 Å². The normalized spacial score (nSPS) is 14.5. The third-order valence-electron chi connectivity index (χ3n) is 4.06. The van der Waals surface area contributed by atoms with Crippen LogP contribution in [-0.2, 0) is 0 Å². The molecule has 1 saturated heterocycles. The van der Waals surface area contributed by atoms with Crippen molar-refractivity contribution in [2.75, 3.05) is 26.2 Å². The van der Waals surface area contributed by atoms with Gasteiger partial charge in [0, 0.05) is 36.2 Å². The number of phenols is 1. The van der Waals surface area contributed by atoms with E-state index in [9.17, 15) is 14.7 Å². The Hall–Kier alpha value is -2.34. The molecule has 2 amide bonds. The first-order valence-electron chi connectivity index (χ1n) is 7.68. The van der Waals surface area contributed by atoms with Gasteiger partial charge in [-0.25, -0.2) is 0 Å². The molecule has 124 valence electrons. The average Bonchev–Trinajstić information content (AvgIpc) is 2.61. The van der Waals surface area contributed by atoms with Crippen LogP contribution in [0.2, 0.25) is 0 Å². The van der Waals surface area contributed by atoms with Crippen molar-refractivity contribution >= 4 is 27.7 Å². The molecule has 6 heteroatoms. The number of piperazine rings is 1. The van der Waals surface area contributed by atoms with E-state index >= 15 is 0 Å². The van der Waals surface area contributed by atoms with Gasteiger partial charge in [-0.3, -0.25) is 9.59 Å². The van der Waals surface area contributed by atoms with Gasteiger partial charge in [0.2, 0.25) is 0 Å². The number of hydrogen-bond donors (Lipinski definition) is 1. The molecule has 1 heterocycles. The summed E-state index contributed by atoms with van der Waals surface area (Å²) in [6, 6.07) is 13.8. The fraction of sp³-hybridized carbons (Fsp3) is 0.222. The van der Waals surface area contributed by atoms with Crippen LogP contribution in [0.1, 0.15) is 20.7 Å². The van der Waals surface area contributed by atoms with E-state index in [1.54, 1.807) is 40.1 Å². The van der Waals surface area contributed by atoms with Crippen LogP contribution in [0.3, 0.4) is 0 Å². The molecule has 0 aliphatic carbocycles. The highest BCUT2D eigenvalue weighted by Gasteiger charge is 2.26. The number of benzene rings is 2. The van der Waals surface area contributed by atoms with Crippen LogP contribution in [0.5, 0.6) is 5.75 Å². The number of phenolic OH excluding ortho intramolecular Hbond substituents is 1. The predicted molar refractivity (Wildman–Crippen MR) is 94.1 cm³/mol. The Morgan fingerprint density at radius 1 is 0.875 bits per heavy atom. The lowest BCUT2D eigenvalue weighted by molar-refractivity contribution is 0.0533. The van der Waals surface area contributed by atoms with Gasteiger partial charge in [-0.1, -0.05) is 34.1 Å². The van der Waals surface area contributed by atoms with Crippen LogP contribution < -0.4 is 0 Å². The Morgan fingerprint density at radius 2 is 1.50 bits per heavy atom. The summed E-state index contributed by atoms with van der Waals surface area (Å²) in [5, 5.41) is 9.81. The Labute approximate surface area is 148 Å². The molecule has 0 saturated carbocycles. The third kappa shape index (κ3) is 3.43. The summed E-state index contributed by atoms with van der Waals surface area (Å²) >= 11 is 3.37. The zero-order valence-corrected chi connectivity index (χ0v) is 14.6. The Balaban J connectivity index is 1.65. The number of nitrogens with zero attached hydrogens (tertiary/aromatic N) is 2. The van der Waals surface area contributed by atoms with E-state index in [4.69, 9.17) is 0 Å². The van der Waals surface area contributed by atoms with Crippen molar-refractivity contribution in [3.63, 3.8) is 0 Å². The molecule has 0 bridgehead atoms. The lowest BCUT2D eigenvalue weighted by atomic mass is 10.1. The van der Waals surface area contributed by atoms with Crippen molar-refractivity contribution in [3.05, 3.63) is 64.1 Å². The second kappa shape index (κ2) is 7.05. The molecule has 0 radical (unpaired) electrons. The Kier molecular flexibility index (Phi) is 4.85. The van der Waals surface area contributed by atoms with E-state index in [1.165, 1.54) is 6.07 Å². The SMILES string of the molecule is O=C(c1cccc(Br)c1)N1CCN(C(=O)c2ccccc2O)CC1. The molecule has 3 rings (SSSR count). The first-order valence-corrected chi connectivity index (χ1v) is 8.47. The largest absolute Gasteiger partial charge is 0.507 e. The molecule has 1 N–H and O–H groups in total. The summed E-state index contributed by atoms with van der Waals surface area (Å²) < 4.78 is 0.863. The summed E-state index contributed by atoms with van der Waals surface area (Å²) in [7, 11) is 0. The van der Waals surface area contributed by atoms with Crippen LogP contribution >= 0.6 is 15.9 Å². The smallest absolute Gasteiger partial charge is 0.257 e. The molecule has 2 aromatic rings. The molecular weight excluding hydrogens is 372 g/mol. The second-order valence-electron chi connectivity index (χ2n) is 5.61. The van der Waals surface area contributed by atoms with Gasteiger partial charge in [-0.05, 0) is 30.3 Å². The molecule has 2 aromatic carbocycles. The Bertz CT molecular complexity index is 770. The van der Waals surface area contributed by atoms with E-state index in [-0.39, 0.29) is 17.6 Å². The molecule has 24 heavy (non-hydrogen) atoms. The zero-order chi connectivity index (χ0) is 17.1. The van der Waals surface area contributed by atoms with Crippen molar-refractivity contribution in [3.8, 4) is 5.75 Å². The maximum Gasteiger partial charge on any atom is 0.257 e. The van der Waals surface area contributed by atoms with Crippen LogP contribution in [0.25, 0.3) is 0 Å². The van der Waals surface area contributed by atoms with Gasteiger partial charge in [0.15, 0.2) is 0 Å². The first kappa shape index (κ1) is 16.5. The summed E-state index contributed by atoms with van der Waals surface area (Å²) in [5.41, 5.74) is 0.925. The highest BCUT2D eigenvalue weighted by Crippen LogP contribution is 2.19. The molecule has 0 atom stereocenters. The van der Waals surface area contributed by atoms with Gasteiger partial charge in [0.1, 0.15) is 5.75 Å². The van der Waals surface area contributed by atoms with Crippen LogP contribution in [-0.4, -0.2) is 52.9 Å². The predicted octanol–water partition coefficient (Wildman–Crippen LogP) is 2.75. The van der Waals surface area contributed by atoms with Gasteiger partial charge in [-0.15, -0.1) is 0 Å². The number of rotatable bonds is 2. The minimum atomic E-state index is -0.206. The molecule has 1 aliphatic heterocycles. The number of amides is 2. The quantitative estimate of drug-likeness (QED) is 0.860. The molecular formula is C18H17BrN2O3. The standard InChI is InChI=1S/C18H17BrN2O3/c19-14-5-3-4-13(12-14)17(23)20-8-10-21(11-9-20)18(24)15-6-1-2-7-16(15)22/h1-7,12,22H,8-11H2. The number of halogens is 1. The van der Waals surface area contributed by atoms with Crippen molar-refractivity contribution in [2.24, 2.45) is 0 Å². The van der Waals surface area contributed by atoms with Gasteiger partial charge >= 0.3 is 0 Å². The lowest BCUT2D eigenvalue weighted by Crippen LogP contribution is -2.50. The minimum Gasteiger partial charge on any atom is -0.507 e. The molecule has 5 nitrogen and oxygen atoms in total. The first-order chi connectivity index (χ1) is 11.6. The third-order valence-corrected chi connectivity index (χ3v) is 4.55. The molecule has 0 unspecified atom stereocenters. The van der Waals surface area contributed by atoms with E-state index in [0.29, 0.717) is 37.3 Å². The van der Waals surface area contributed by atoms with Gasteiger partial charge < -0.3 is 14.9 Å². The van der Waals surface area contributed by atoms with Gasteiger partial charge in [-0.2, -0.15) is 0 Å². The van der Waals surface area contributed by atoms with Crippen LogP contribution in [0.15, 0.2) is 53.0 Å². The lowest BCUT2D eigenvalue weighted by Gasteiger charge is -2.35. The van der Waals surface area contributed by atoms with Crippen LogP contribution in [0.4, 0.5) is 0 Å². The van der Waals surface area contributed by atoms with Crippen molar-refractivity contribution in [1.29, 1.82) is 0 Å². The molecule has 0 aromatic heterocycles. The van der Waals surface area contributed by atoms with Crippen molar-refractivity contribution < 1.29 is 14.7 Å². The number of carbonyl (C=O) groups is 2. The molecule has 0 spiro atoms. The fourth-order valence-corrected chi connectivity index (χ4v) is 3.14. The zero-order valence-electron chi connectivity index (χ0n) is 13.0. The molecule has 1 fully saturated rings. The number of para-hydroxylation sites is 1. The highest BCUT2D eigenvalue weighted by molar-refractivity contribution is 9.10. The fourth-order valence-electron chi connectivity index (χ4n) is 2.74. The number of aromatic hydroxyl groups is 1. The Morgan fingerprint density at radius 3 is 2.12 bits per heavy atom. The van der Waals surface area contributed by atoms with E-state index in [1.807, 2.05) is 12.1 Å². The maximum atomic E-state index is 12.5. The van der Waals surface area contributed by atoms with Crippen LogP contribution in [0, 0.1) is 0 Å². The number of carbonyl (C=O) groups excluding carboxylic acids is 2. The van der Waals surface area contributed by atoms with E-state index in [2.05, 4.69) is 15.9 Å². The van der Waals surface area contributed by atoms with E-state index in [0.717, 1.165) is 4.47 Å². The summed E-state index contributed by atoms with van der Waals surface area (Å²) in [4.78, 5) is 28.4. The summed E-state index contributed by atoms with van der Waals surface area (Å²) in [5.74, 6) is -0.260. The maximum absolute atomic E-state index is 12.5. The topological polar surface area (TPSA) is 60.9 Å². The average molecular weight is 389 g/mol. The number of hydrogen-bond acceptors (Lipinski definition) is 3. The van der Waals surface area contributed by atoms with Gasteiger partial charge in [0.25, 0.3) is 11.8 Å². The second-order valence-corrected chi connectivity index (χ2v) is 6.53.